The molecule has 4 aromatic rings. The predicted molar refractivity (Wildman–Crippen MR) is 122 cm³/mol. The Hall–Kier alpha value is -4.38. The van der Waals surface area contributed by atoms with Crippen LogP contribution >= 0.6 is 0 Å². The third-order valence-corrected chi connectivity index (χ3v) is 6.13. The summed E-state index contributed by atoms with van der Waals surface area (Å²) in [5, 5.41) is 2.75. The van der Waals surface area contributed by atoms with Gasteiger partial charge < -0.3 is 15.0 Å². The van der Waals surface area contributed by atoms with Crippen LogP contribution in [0.4, 0.5) is 10.5 Å². The zero-order chi connectivity index (χ0) is 23.6. The number of nitrogens with zero attached hydrogens (tertiary/aromatic N) is 1. The van der Waals surface area contributed by atoms with Gasteiger partial charge in [-0.15, -0.1) is 0 Å². The molecule has 0 atom stereocenters. The van der Waals surface area contributed by atoms with E-state index in [1.807, 2.05) is 4.72 Å². The number of hydrogen-bond donors (Lipinski definition) is 3. The lowest BCUT2D eigenvalue weighted by atomic mass is 10.2. The lowest BCUT2D eigenvalue weighted by Crippen LogP contribution is -2.34. The summed E-state index contributed by atoms with van der Waals surface area (Å²) >= 11 is 0. The molecule has 0 saturated heterocycles. The van der Waals surface area contributed by atoms with Crippen molar-refractivity contribution >= 4 is 32.6 Å². The third-order valence-electron chi connectivity index (χ3n) is 4.79. The lowest BCUT2D eigenvalue weighted by Gasteiger charge is -2.10. The number of benzene rings is 3. The molecule has 4 rings (SSSR count). The average molecular weight is 466 g/mol. The Morgan fingerprint density at radius 2 is 1.61 bits per heavy atom. The molecule has 0 bridgehead atoms. The quantitative estimate of drug-likeness (QED) is 0.412. The molecular formula is C22H18N4O6S. The van der Waals surface area contributed by atoms with Crippen molar-refractivity contribution in [2.24, 2.45) is 0 Å². The molecule has 2 amide bonds. The van der Waals surface area contributed by atoms with Crippen LogP contribution in [0.2, 0.25) is 0 Å². The van der Waals surface area contributed by atoms with Crippen LogP contribution in [0.3, 0.4) is 0 Å². The molecule has 3 aromatic carbocycles. The van der Waals surface area contributed by atoms with Crippen molar-refractivity contribution in [3.05, 3.63) is 93.6 Å². The fraction of sp³-hybridized carbons (Fsp3) is 0.0455. The number of fused-ring (bicyclic) bond motifs is 1. The van der Waals surface area contributed by atoms with Gasteiger partial charge in [-0.1, -0.05) is 12.1 Å². The lowest BCUT2D eigenvalue weighted by molar-refractivity contribution is 0.256. The smallest absolute Gasteiger partial charge is 0.333 e. The van der Waals surface area contributed by atoms with E-state index in [-0.39, 0.29) is 16.3 Å². The molecule has 0 radical (unpaired) electrons. The standard InChI is InChI=1S/C22H18N4O6S/c1-32-16-10-12-17(13-11-16)33(30,31)25-21(28)23-14-6-8-15(9-7-14)26-20(27)18-4-2-3-5-19(18)24-22(26)29/h2-13H,1H3,(H,24,29)(H2,23,25,28). The number of para-hydroxylation sites is 1. The number of urea groups is 1. The second kappa shape index (κ2) is 8.63. The zero-order valence-electron chi connectivity index (χ0n) is 17.2. The Kier molecular flexibility index (Phi) is 5.71. The number of anilines is 1. The Labute approximate surface area is 187 Å². The Morgan fingerprint density at radius 3 is 2.27 bits per heavy atom. The minimum Gasteiger partial charge on any atom is -0.497 e. The molecule has 0 saturated carbocycles. The van der Waals surface area contributed by atoms with Crippen molar-refractivity contribution in [1.82, 2.24) is 14.3 Å². The Bertz CT molecular complexity index is 1560. The van der Waals surface area contributed by atoms with Crippen LogP contribution in [0.5, 0.6) is 5.75 Å². The van der Waals surface area contributed by atoms with Crippen LogP contribution < -0.4 is 26.0 Å². The number of amides is 2. The highest BCUT2D eigenvalue weighted by Crippen LogP contribution is 2.16. The number of H-pyrrole nitrogens is 1. The normalized spacial score (nSPS) is 11.2. The summed E-state index contributed by atoms with van der Waals surface area (Å²) in [5.41, 5.74) is -0.131. The molecule has 1 heterocycles. The maximum atomic E-state index is 12.7. The largest absolute Gasteiger partial charge is 0.497 e. The van der Waals surface area contributed by atoms with E-state index in [4.69, 9.17) is 4.74 Å². The number of rotatable bonds is 5. The van der Waals surface area contributed by atoms with Crippen molar-refractivity contribution in [3.63, 3.8) is 0 Å². The summed E-state index contributed by atoms with van der Waals surface area (Å²) in [6.45, 7) is 0. The molecule has 0 spiro atoms. The molecule has 0 unspecified atom stereocenters. The maximum absolute atomic E-state index is 12.7. The van der Waals surface area contributed by atoms with E-state index in [9.17, 15) is 22.8 Å². The minimum absolute atomic E-state index is 0.108. The van der Waals surface area contributed by atoms with Gasteiger partial charge in [-0.25, -0.2) is 27.3 Å². The van der Waals surface area contributed by atoms with Gasteiger partial charge in [0.2, 0.25) is 0 Å². The highest BCUT2D eigenvalue weighted by atomic mass is 32.2. The maximum Gasteiger partial charge on any atom is 0.333 e. The number of aromatic nitrogens is 2. The number of carbonyl (C=O) groups excluding carboxylic acids is 1. The number of nitrogens with one attached hydrogen (secondary N) is 3. The van der Waals surface area contributed by atoms with Gasteiger partial charge in [0, 0.05) is 5.69 Å². The van der Waals surface area contributed by atoms with E-state index in [1.54, 1.807) is 24.3 Å². The van der Waals surface area contributed by atoms with E-state index >= 15 is 0 Å². The van der Waals surface area contributed by atoms with E-state index < -0.39 is 27.3 Å². The molecule has 33 heavy (non-hydrogen) atoms. The molecule has 1 aromatic heterocycles. The number of sulfonamides is 1. The fourth-order valence-corrected chi connectivity index (χ4v) is 4.09. The van der Waals surface area contributed by atoms with E-state index in [2.05, 4.69) is 10.3 Å². The summed E-state index contributed by atoms with van der Waals surface area (Å²) in [6.07, 6.45) is 0. The molecule has 0 fully saturated rings. The van der Waals surface area contributed by atoms with Gasteiger partial charge in [-0.05, 0) is 60.7 Å². The highest BCUT2D eigenvalue weighted by Gasteiger charge is 2.18. The van der Waals surface area contributed by atoms with Crippen LogP contribution in [-0.4, -0.2) is 31.1 Å². The molecule has 11 heteroatoms. The predicted octanol–water partition coefficient (Wildman–Crippen LogP) is 2.20. The van der Waals surface area contributed by atoms with Gasteiger partial charge >= 0.3 is 11.7 Å². The highest BCUT2D eigenvalue weighted by molar-refractivity contribution is 7.90. The fourth-order valence-electron chi connectivity index (χ4n) is 3.18. The van der Waals surface area contributed by atoms with Gasteiger partial charge in [-0.3, -0.25) is 4.79 Å². The van der Waals surface area contributed by atoms with Gasteiger partial charge in [0.15, 0.2) is 0 Å². The topological polar surface area (TPSA) is 139 Å². The molecular weight excluding hydrogens is 448 g/mol. The molecule has 10 nitrogen and oxygen atoms in total. The van der Waals surface area contributed by atoms with Crippen molar-refractivity contribution < 1.29 is 17.9 Å². The van der Waals surface area contributed by atoms with Gasteiger partial charge in [0.25, 0.3) is 15.6 Å². The van der Waals surface area contributed by atoms with Crippen LogP contribution in [-0.2, 0) is 10.0 Å². The van der Waals surface area contributed by atoms with E-state index in [0.29, 0.717) is 16.7 Å². The molecule has 3 N–H and O–H groups in total. The summed E-state index contributed by atoms with van der Waals surface area (Å²) in [5.74, 6) is 0.475. The number of aromatic amines is 1. The molecule has 0 aliphatic rings. The molecule has 0 aliphatic carbocycles. The Morgan fingerprint density at radius 1 is 0.939 bits per heavy atom. The summed E-state index contributed by atoms with van der Waals surface area (Å²) < 4.78 is 32.6. The molecule has 168 valence electrons. The summed E-state index contributed by atoms with van der Waals surface area (Å²) in [4.78, 5) is 39.9. The zero-order valence-corrected chi connectivity index (χ0v) is 18.0. The third kappa shape index (κ3) is 4.48. The van der Waals surface area contributed by atoms with Crippen molar-refractivity contribution in [2.75, 3.05) is 12.4 Å². The first kappa shape index (κ1) is 21.8. The monoisotopic (exact) mass is 466 g/mol. The number of methoxy groups -OCH3 is 1. The SMILES string of the molecule is COc1ccc(S(=O)(=O)NC(=O)Nc2ccc(-n3c(=O)[nH]c4ccccc4c3=O)cc2)cc1. The van der Waals surface area contributed by atoms with Crippen molar-refractivity contribution in [1.29, 1.82) is 0 Å². The number of carbonyl (C=O) groups is 1. The second-order valence-corrected chi connectivity index (χ2v) is 8.58. The second-order valence-electron chi connectivity index (χ2n) is 6.90. The van der Waals surface area contributed by atoms with Crippen molar-refractivity contribution in [3.8, 4) is 11.4 Å². The summed E-state index contributed by atoms with van der Waals surface area (Å²) in [6, 6.07) is 17.0. The van der Waals surface area contributed by atoms with Crippen LogP contribution in [0, 0.1) is 0 Å². The van der Waals surface area contributed by atoms with Crippen LogP contribution in [0.1, 0.15) is 0 Å². The first-order valence-electron chi connectivity index (χ1n) is 9.61. The van der Waals surface area contributed by atoms with Crippen LogP contribution in [0.15, 0.2) is 87.3 Å². The first-order chi connectivity index (χ1) is 15.8. The van der Waals surface area contributed by atoms with Gasteiger partial charge in [-0.2, -0.15) is 0 Å². The van der Waals surface area contributed by atoms with Crippen LogP contribution in [0.25, 0.3) is 16.6 Å². The first-order valence-corrected chi connectivity index (χ1v) is 11.1. The minimum atomic E-state index is -4.10. The van der Waals surface area contributed by atoms with Crippen molar-refractivity contribution in [2.45, 2.75) is 4.90 Å². The summed E-state index contributed by atoms with van der Waals surface area (Å²) in [7, 11) is -2.64. The van der Waals surface area contributed by atoms with E-state index in [0.717, 1.165) is 4.57 Å². The Balaban J connectivity index is 1.52. The van der Waals surface area contributed by atoms with Gasteiger partial charge in [0.1, 0.15) is 5.75 Å². The van der Waals surface area contributed by atoms with E-state index in [1.165, 1.54) is 55.6 Å². The molecule has 0 aliphatic heterocycles. The van der Waals surface area contributed by atoms with Gasteiger partial charge in [0.05, 0.1) is 28.6 Å². The number of ether oxygens (including phenoxy) is 1. The average Bonchev–Trinajstić information content (AvgIpc) is 2.80. The number of hydrogen-bond acceptors (Lipinski definition) is 6.